The summed E-state index contributed by atoms with van der Waals surface area (Å²) in [6.45, 7) is 0. The Morgan fingerprint density at radius 3 is 1.23 bits per heavy atom. The van der Waals surface area contributed by atoms with Gasteiger partial charge in [0.05, 0.1) is 11.8 Å². The van der Waals surface area contributed by atoms with Crippen LogP contribution in [0, 0.1) is 11.8 Å². The van der Waals surface area contributed by atoms with Gasteiger partial charge in [0.25, 0.3) is 0 Å². The van der Waals surface area contributed by atoms with Gasteiger partial charge in [-0.15, -0.1) is 0 Å². The lowest BCUT2D eigenvalue weighted by Crippen LogP contribution is -2.38. The molecule has 0 aliphatic heterocycles. The van der Waals surface area contributed by atoms with Gasteiger partial charge in [-0.1, -0.05) is 97.1 Å². The lowest BCUT2D eigenvalue weighted by atomic mass is 9.77. The Labute approximate surface area is 152 Å². The minimum Gasteiger partial charge on any atom is -0.293 e. The fraction of sp³-hybridized carbons (Fsp3) is 0.0833. The van der Waals surface area contributed by atoms with E-state index >= 15 is 0 Å². The maximum atomic E-state index is 13.2. The molecule has 3 aromatic rings. The minimum absolute atomic E-state index is 0.0226. The molecule has 2 nitrogen and oxygen atoms in total. The van der Waals surface area contributed by atoms with Crippen LogP contribution < -0.4 is 10.4 Å². The molecule has 0 amide bonds. The Balaban J connectivity index is 1.82. The van der Waals surface area contributed by atoms with E-state index in [1.54, 1.807) is 24.3 Å². The van der Waals surface area contributed by atoms with Crippen molar-refractivity contribution in [2.45, 2.75) is 0 Å². The molecule has 0 bridgehead atoms. The van der Waals surface area contributed by atoms with Crippen molar-refractivity contribution in [3.63, 3.8) is 0 Å². The summed E-state index contributed by atoms with van der Waals surface area (Å²) in [6.07, 6.45) is 3.88. The third-order valence-electron chi connectivity index (χ3n) is 4.82. The van der Waals surface area contributed by atoms with Crippen LogP contribution in [-0.2, 0) is 0 Å². The van der Waals surface area contributed by atoms with E-state index < -0.39 is 11.8 Å². The van der Waals surface area contributed by atoms with Crippen LogP contribution in [0.1, 0.15) is 20.7 Å². The average Bonchev–Trinajstić information content (AvgIpc) is 2.73. The highest BCUT2D eigenvalue weighted by atomic mass is 16.1. The lowest BCUT2D eigenvalue weighted by molar-refractivity contribution is 0.0849. The smallest absolute Gasteiger partial charge is 0.170 e. The summed E-state index contributed by atoms with van der Waals surface area (Å²) in [4.78, 5) is 26.3. The molecule has 0 radical (unpaired) electrons. The predicted octanol–water partition coefficient (Wildman–Crippen LogP) is 3.26. The van der Waals surface area contributed by atoms with Crippen LogP contribution in [0.15, 0.2) is 84.9 Å². The summed E-state index contributed by atoms with van der Waals surface area (Å²) in [5, 5.41) is 2.00. The SMILES string of the molecule is O=C(c1ccccc1)[C@@H]1C=c2ccccc2=C[C@H]1C(=O)c1ccccc1. The molecule has 0 N–H and O–H groups in total. The zero-order chi connectivity index (χ0) is 17.9. The van der Waals surface area contributed by atoms with E-state index in [2.05, 4.69) is 0 Å². The van der Waals surface area contributed by atoms with Gasteiger partial charge in [0, 0.05) is 11.1 Å². The molecule has 26 heavy (non-hydrogen) atoms. The van der Waals surface area contributed by atoms with Gasteiger partial charge in [0.1, 0.15) is 0 Å². The third kappa shape index (κ3) is 3.02. The highest BCUT2D eigenvalue weighted by Crippen LogP contribution is 2.26. The Morgan fingerprint density at radius 1 is 0.500 bits per heavy atom. The van der Waals surface area contributed by atoms with E-state index in [1.807, 2.05) is 72.8 Å². The number of hydrogen-bond acceptors (Lipinski definition) is 2. The van der Waals surface area contributed by atoms with Gasteiger partial charge >= 0.3 is 0 Å². The minimum atomic E-state index is -0.500. The molecular formula is C24H18O2. The summed E-state index contributed by atoms with van der Waals surface area (Å²) in [5.41, 5.74) is 1.26. The maximum Gasteiger partial charge on any atom is 0.170 e. The molecule has 4 rings (SSSR count). The van der Waals surface area contributed by atoms with Crippen LogP contribution in [0.2, 0.25) is 0 Å². The van der Waals surface area contributed by atoms with E-state index in [9.17, 15) is 9.59 Å². The number of benzene rings is 3. The zero-order valence-electron chi connectivity index (χ0n) is 14.2. The summed E-state index contributed by atoms with van der Waals surface area (Å²) in [7, 11) is 0. The second-order valence-electron chi connectivity index (χ2n) is 6.47. The van der Waals surface area contributed by atoms with Crippen molar-refractivity contribution >= 4 is 23.7 Å². The monoisotopic (exact) mass is 338 g/mol. The van der Waals surface area contributed by atoms with Gasteiger partial charge in [-0.05, 0) is 10.4 Å². The zero-order valence-corrected chi connectivity index (χ0v) is 14.2. The highest BCUT2D eigenvalue weighted by Gasteiger charge is 2.33. The fourth-order valence-corrected chi connectivity index (χ4v) is 3.48. The van der Waals surface area contributed by atoms with E-state index in [1.165, 1.54) is 0 Å². The second-order valence-corrected chi connectivity index (χ2v) is 6.47. The molecule has 0 aromatic heterocycles. The normalized spacial score (nSPS) is 18.2. The molecule has 1 aliphatic rings. The van der Waals surface area contributed by atoms with Crippen LogP contribution in [-0.4, -0.2) is 11.6 Å². The van der Waals surface area contributed by atoms with E-state index in [-0.39, 0.29) is 11.6 Å². The molecule has 0 spiro atoms. The summed E-state index contributed by atoms with van der Waals surface area (Å²) in [6, 6.07) is 26.3. The number of rotatable bonds is 4. The molecule has 1 aliphatic carbocycles. The van der Waals surface area contributed by atoms with E-state index in [0.29, 0.717) is 11.1 Å². The molecule has 3 aromatic carbocycles. The van der Waals surface area contributed by atoms with Gasteiger partial charge in [0.15, 0.2) is 11.6 Å². The Hall–Kier alpha value is -3.26. The molecule has 0 saturated heterocycles. The summed E-state index contributed by atoms with van der Waals surface area (Å²) in [5.74, 6) is -1.05. The van der Waals surface area contributed by atoms with Crippen LogP contribution in [0.25, 0.3) is 12.2 Å². The standard InChI is InChI=1S/C24H18O2/c25-23(17-9-3-1-4-10-17)21-15-19-13-7-8-14-20(19)16-22(21)24(26)18-11-5-2-6-12-18/h1-16,21-22H/t21-,22-/m1/s1. The van der Waals surface area contributed by atoms with Crippen LogP contribution >= 0.6 is 0 Å². The molecule has 126 valence electrons. The molecular weight excluding hydrogens is 320 g/mol. The van der Waals surface area contributed by atoms with Gasteiger partial charge in [-0.3, -0.25) is 9.59 Å². The first-order valence-corrected chi connectivity index (χ1v) is 8.71. The van der Waals surface area contributed by atoms with Crippen molar-refractivity contribution < 1.29 is 9.59 Å². The van der Waals surface area contributed by atoms with E-state index in [0.717, 1.165) is 10.4 Å². The molecule has 2 atom stereocenters. The first-order chi connectivity index (χ1) is 12.7. The summed E-state index contributed by atoms with van der Waals surface area (Å²) < 4.78 is 0. The van der Waals surface area contributed by atoms with Crippen molar-refractivity contribution in [3.8, 4) is 0 Å². The number of carbonyl (C=O) groups excluding carboxylic acids is 2. The first kappa shape index (κ1) is 16.2. The number of hydrogen-bond donors (Lipinski definition) is 0. The van der Waals surface area contributed by atoms with Crippen molar-refractivity contribution in [2.75, 3.05) is 0 Å². The maximum absolute atomic E-state index is 13.2. The average molecular weight is 338 g/mol. The Morgan fingerprint density at radius 2 is 0.846 bits per heavy atom. The Bertz CT molecular complexity index is 977. The van der Waals surface area contributed by atoms with Crippen molar-refractivity contribution in [1.29, 1.82) is 0 Å². The van der Waals surface area contributed by atoms with Gasteiger partial charge in [-0.2, -0.15) is 0 Å². The quantitative estimate of drug-likeness (QED) is 0.684. The number of carbonyl (C=O) groups is 2. The van der Waals surface area contributed by atoms with Gasteiger partial charge in [0.2, 0.25) is 0 Å². The number of Topliss-reactive ketones (excluding diaryl/α,β-unsaturated/α-hetero) is 2. The Kier molecular flexibility index (Phi) is 4.32. The topological polar surface area (TPSA) is 34.1 Å². The van der Waals surface area contributed by atoms with Crippen molar-refractivity contribution in [1.82, 2.24) is 0 Å². The first-order valence-electron chi connectivity index (χ1n) is 8.71. The van der Waals surface area contributed by atoms with Crippen LogP contribution in [0.3, 0.4) is 0 Å². The van der Waals surface area contributed by atoms with Gasteiger partial charge < -0.3 is 0 Å². The largest absolute Gasteiger partial charge is 0.293 e. The van der Waals surface area contributed by atoms with Crippen molar-refractivity contribution in [3.05, 3.63) is 106 Å². The molecule has 0 heterocycles. The highest BCUT2D eigenvalue weighted by molar-refractivity contribution is 6.10. The second kappa shape index (κ2) is 6.93. The third-order valence-corrected chi connectivity index (χ3v) is 4.82. The number of ketones is 2. The fourth-order valence-electron chi connectivity index (χ4n) is 3.48. The summed E-state index contributed by atoms with van der Waals surface area (Å²) >= 11 is 0. The predicted molar refractivity (Wildman–Crippen MR) is 103 cm³/mol. The molecule has 0 saturated carbocycles. The number of fused-ring (bicyclic) bond motifs is 1. The molecule has 0 fully saturated rings. The lowest BCUT2D eigenvalue weighted by Gasteiger charge is -2.23. The van der Waals surface area contributed by atoms with Crippen molar-refractivity contribution in [2.24, 2.45) is 11.8 Å². The van der Waals surface area contributed by atoms with E-state index in [4.69, 9.17) is 0 Å². The van der Waals surface area contributed by atoms with Crippen LogP contribution in [0.5, 0.6) is 0 Å². The molecule has 2 heteroatoms. The van der Waals surface area contributed by atoms with Crippen LogP contribution in [0.4, 0.5) is 0 Å². The molecule has 0 unspecified atom stereocenters. The van der Waals surface area contributed by atoms with Gasteiger partial charge in [-0.25, -0.2) is 0 Å².